The van der Waals surface area contributed by atoms with Gasteiger partial charge in [0.15, 0.2) is 0 Å². The largest absolute Gasteiger partial charge is 0.240 e. The van der Waals surface area contributed by atoms with E-state index in [1.54, 1.807) is 31.2 Å². The number of thiophene rings is 1. The number of amides is 1. The summed E-state index contributed by atoms with van der Waals surface area (Å²) in [5.41, 5.74) is 2.06. The van der Waals surface area contributed by atoms with E-state index in [1.807, 2.05) is 30.3 Å². The predicted molar refractivity (Wildman–Crippen MR) is 126 cm³/mol. The van der Waals surface area contributed by atoms with Crippen LogP contribution < -0.4 is 15.4 Å². The molecule has 1 heterocycles. The SMILES string of the molecule is CC(CNC(=O)c1ccc(-c2ccc(CNCB=O)cc2)s1)NS(=O)(=O)c1ccccc1. The van der Waals surface area contributed by atoms with E-state index >= 15 is 0 Å². The number of hydrogen-bond donors (Lipinski definition) is 3. The molecule has 3 N–H and O–H groups in total. The molecule has 0 saturated carbocycles. The van der Waals surface area contributed by atoms with E-state index in [0.29, 0.717) is 17.9 Å². The van der Waals surface area contributed by atoms with Gasteiger partial charge in [0.2, 0.25) is 10.0 Å². The van der Waals surface area contributed by atoms with Crippen LogP contribution in [0.5, 0.6) is 0 Å². The minimum atomic E-state index is -3.64. The number of hydrogen-bond acceptors (Lipinski definition) is 6. The molecule has 10 heteroatoms. The van der Waals surface area contributed by atoms with Crippen LogP contribution in [0.15, 0.2) is 71.6 Å². The molecule has 32 heavy (non-hydrogen) atoms. The fourth-order valence-corrected chi connectivity index (χ4v) is 5.18. The minimum absolute atomic E-state index is 0.167. The number of benzene rings is 2. The summed E-state index contributed by atoms with van der Waals surface area (Å²) in [6.07, 6.45) is 0.317. The molecule has 1 aromatic heterocycles. The molecule has 166 valence electrons. The Labute approximate surface area is 192 Å². The Balaban J connectivity index is 1.54. The summed E-state index contributed by atoms with van der Waals surface area (Å²) in [5, 5.41) is 5.80. The molecular weight excluding hydrogens is 445 g/mol. The van der Waals surface area contributed by atoms with Gasteiger partial charge in [0.1, 0.15) is 0 Å². The van der Waals surface area contributed by atoms with Gasteiger partial charge in [-0.05, 0) is 19.1 Å². The van der Waals surface area contributed by atoms with Crippen molar-refractivity contribution < 1.29 is 17.9 Å². The normalized spacial score (nSPS) is 12.2. The molecule has 7 nitrogen and oxygen atoms in total. The minimum Gasteiger partial charge on any atom is -0.207 e. The van der Waals surface area contributed by atoms with Gasteiger partial charge in [0.25, 0.3) is 0 Å². The number of sulfonamides is 1. The van der Waals surface area contributed by atoms with Gasteiger partial charge in [-0.25, -0.2) is 13.1 Å². The first-order chi connectivity index (χ1) is 15.4. The van der Waals surface area contributed by atoms with Crippen molar-refractivity contribution in [1.29, 1.82) is 0 Å². The second-order valence-electron chi connectivity index (χ2n) is 7.20. The molecule has 1 atom stereocenters. The van der Waals surface area contributed by atoms with Crippen LogP contribution in [-0.2, 0) is 21.3 Å². The first-order valence-electron chi connectivity index (χ1n) is 10.1. The van der Waals surface area contributed by atoms with E-state index in [-0.39, 0.29) is 17.3 Å². The van der Waals surface area contributed by atoms with Crippen molar-refractivity contribution in [2.45, 2.75) is 24.4 Å². The molecule has 1 unspecified atom stereocenters. The Morgan fingerprint density at radius 3 is 2.44 bits per heavy atom. The summed E-state index contributed by atoms with van der Waals surface area (Å²) in [6, 6.07) is 19.2. The van der Waals surface area contributed by atoms with Gasteiger partial charge in [-0.15, -0.1) is 0 Å². The fraction of sp³-hybridized carbons (Fsp3) is 0.227. The van der Waals surface area contributed by atoms with Crippen molar-refractivity contribution in [1.82, 2.24) is 15.4 Å². The topological polar surface area (TPSA) is 104 Å². The molecule has 0 radical (unpaired) electrons. The average molecular weight is 469 g/mol. The molecule has 0 bridgehead atoms. The molecule has 0 aliphatic rings. The summed E-state index contributed by atoms with van der Waals surface area (Å²) in [5.74, 6) is -0.248. The van der Waals surface area contributed by atoms with Crippen LogP contribution in [0.1, 0.15) is 22.2 Å². The van der Waals surface area contributed by atoms with Gasteiger partial charge in [0, 0.05) is 12.6 Å². The fourth-order valence-electron chi connectivity index (χ4n) is 2.98. The smallest absolute Gasteiger partial charge is 0.207 e. The molecule has 2 aromatic carbocycles. The van der Waals surface area contributed by atoms with E-state index in [4.69, 9.17) is 0 Å². The second kappa shape index (κ2) is 11.3. The molecule has 0 saturated heterocycles. The van der Waals surface area contributed by atoms with Gasteiger partial charge in [-0.2, -0.15) is 0 Å². The molecule has 0 spiro atoms. The Bertz CT molecular complexity index is 1150. The average Bonchev–Trinajstić information content (AvgIpc) is 3.29. The molecule has 0 aliphatic heterocycles. The van der Waals surface area contributed by atoms with E-state index in [9.17, 15) is 17.9 Å². The Kier molecular flexibility index (Phi) is 8.46. The van der Waals surface area contributed by atoms with Crippen LogP contribution in [0, 0.1) is 0 Å². The maximum Gasteiger partial charge on any atom is 0.240 e. The molecule has 1 amide bonds. The van der Waals surface area contributed by atoms with Crippen LogP contribution >= 0.6 is 11.3 Å². The van der Waals surface area contributed by atoms with Crippen molar-refractivity contribution in [3.8, 4) is 10.4 Å². The number of carbonyl (C=O) groups excluding carboxylic acids is 1. The van der Waals surface area contributed by atoms with E-state index in [1.165, 1.54) is 23.5 Å². The van der Waals surface area contributed by atoms with Crippen molar-refractivity contribution in [3.63, 3.8) is 0 Å². The standard InChI is InChI=1S/C22H24BN3O4S2/c1-16(26-32(29,30)19-5-3-2-4-6-19)13-25-22(27)21-12-11-20(31-21)18-9-7-17(8-10-18)14-24-15-23-28/h2-12,16,24,26H,13-15H2,1H3,(H,25,27). The van der Waals surface area contributed by atoms with Crippen molar-refractivity contribution in [2.24, 2.45) is 0 Å². The monoisotopic (exact) mass is 469 g/mol. The summed E-state index contributed by atoms with van der Waals surface area (Å²) < 4.78 is 37.7. The van der Waals surface area contributed by atoms with Crippen molar-refractivity contribution in [2.75, 3.05) is 13.0 Å². The summed E-state index contributed by atoms with van der Waals surface area (Å²) in [4.78, 5) is 14.2. The zero-order valence-electron chi connectivity index (χ0n) is 17.6. The van der Waals surface area contributed by atoms with Gasteiger partial charge in [-0.1, -0.05) is 18.2 Å². The van der Waals surface area contributed by atoms with Gasteiger partial charge in [0.05, 0.1) is 4.90 Å². The zero-order valence-corrected chi connectivity index (χ0v) is 19.2. The molecule has 0 aliphatic carbocycles. The van der Waals surface area contributed by atoms with Gasteiger partial charge in [-0.3, -0.25) is 0 Å². The van der Waals surface area contributed by atoms with Crippen LogP contribution in [-0.4, -0.2) is 40.5 Å². The summed E-state index contributed by atoms with van der Waals surface area (Å²) in [7, 11) is -2.81. The second-order valence-corrected chi connectivity index (χ2v) is 10.0. The number of carbonyl (C=O) groups is 1. The van der Waals surface area contributed by atoms with Crippen LogP contribution in [0.2, 0.25) is 0 Å². The Morgan fingerprint density at radius 2 is 1.75 bits per heavy atom. The first-order valence-corrected chi connectivity index (χ1v) is 12.4. The predicted octanol–water partition coefficient (Wildman–Crippen LogP) is 2.61. The molecule has 3 rings (SSSR count). The maximum absolute atomic E-state index is 12.5. The zero-order chi connectivity index (χ0) is 23.0. The Morgan fingerprint density at radius 1 is 1.03 bits per heavy atom. The van der Waals surface area contributed by atoms with Crippen LogP contribution in [0.4, 0.5) is 0 Å². The third-order valence-corrected chi connectivity index (χ3v) is 7.34. The quantitative estimate of drug-likeness (QED) is 0.296. The van der Waals surface area contributed by atoms with E-state index < -0.39 is 16.1 Å². The number of nitrogens with one attached hydrogen (secondary N) is 3. The van der Waals surface area contributed by atoms with E-state index in [2.05, 4.69) is 15.4 Å². The third kappa shape index (κ3) is 6.67. The summed E-state index contributed by atoms with van der Waals surface area (Å²) >= 11 is 1.37. The van der Waals surface area contributed by atoms with Crippen LogP contribution in [0.25, 0.3) is 10.4 Å². The van der Waals surface area contributed by atoms with Crippen molar-refractivity contribution in [3.05, 3.63) is 77.2 Å². The maximum atomic E-state index is 12.5. The number of rotatable bonds is 11. The van der Waals surface area contributed by atoms with Crippen molar-refractivity contribution >= 4 is 34.4 Å². The Hall–Kier alpha value is -2.66. The third-order valence-electron chi connectivity index (χ3n) is 4.60. The summed E-state index contributed by atoms with van der Waals surface area (Å²) in [6.45, 7) is 2.48. The van der Waals surface area contributed by atoms with E-state index in [0.717, 1.165) is 23.2 Å². The van der Waals surface area contributed by atoms with Gasteiger partial charge >= 0.3 is 115 Å². The molecule has 0 fully saturated rings. The first kappa shape index (κ1) is 24.0. The molecule has 3 aromatic rings. The van der Waals surface area contributed by atoms with Crippen LogP contribution in [0.3, 0.4) is 0 Å². The van der Waals surface area contributed by atoms with Gasteiger partial charge < -0.3 is 0 Å². The molecular formula is C22H24BN3O4S2.